The maximum Gasteiger partial charge on any atom is 0.401 e. The predicted octanol–water partition coefficient (Wildman–Crippen LogP) is 2.47. The predicted molar refractivity (Wildman–Crippen MR) is 74.2 cm³/mol. The minimum absolute atomic E-state index is 0.146. The first-order valence-corrected chi connectivity index (χ1v) is 7.12. The van der Waals surface area contributed by atoms with Gasteiger partial charge in [0.25, 0.3) is 5.91 Å². The minimum Gasteiger partial charge on any atom is -0.507 e. The summed E-state index contributed by atoms with van der Waals surface area (Å²) in [6.45, 7) is -0.196. The molecule has 1 aliphatic rings. The molecule has 1 amide bonds. The number of hydrogen-bond acceptors (Lipinski definition) is 3. The number of aromatic hydroxyl groups is 1. The van der Waals surface area contributed by atoms with Gasteiger partial charge < -0.3 is 10.0 Å². The summed E-state index contributed by atoms with van der Waals surface area (Å²) in [4.78, 5) is 15.0. The summed E-state index contributed by atoms with van der Waals surface area (Å²) >= 11 is 3.18. The average Bonchev–Trinajstić information content (AvgIpc) is 2.37. The fourth-order valence-electron chi connectivity index (χ4n) is 2.22. The van der Waals surface area contributed by atoms with Gasteiger partial charge in [-0.25, -0.2) is 0 Å². The lowest BCUT2D eigenvalue weighted by Crippen LogP contribution is -2.50. The van der Waals surface area contributed by atoms with Crippen LogP contribution in [0.4, 0.5) is 13.2 Å². The Labute approximate surface area is 128 Å². The van der Waals surface area contributed by atoms with Gasteiger partial charge >= 0.3 is 6.18 Å². The van der Waals surface area contributed by atoms with Crippen molar-refractivity contribution in [3.63, 3.8) is 0 Å². The zero-order valence-electron chi connectivity index (χ0n) is 11.0. The fraction of sp³-hybridized carbons (Fsp3) is 0.462. The summed E-state index contributed by atoms with van der Waals surface area (Å²) in [7, 11) is 0. The van der Waals surface area contributed by atoms with Crippen LogP contribution in [0.1, 0.15) is 10.4 Å². The van der Waals surface area contributed by atoms with Crippen LogP contribution in [-0.2, 0) is 0 Å². The van der Waals surface area contributed by atoms with Crippen molar-refractivity contribution >= 4 is 21.8 Å². The summed E-state index contributed by atoms with van der Waals surface area (Å²) in [5.41, 5.74) is 0.155. The van der Waals surface area contributed by atoms with Crippen molar-refractivity contribution < 1.29 is 23.1 Å². The number of carbonyl (C=O) groups excluding carboxylic acids is 1. The first kappa shape index (κ1) is 16.1. The quantitative estimate of drug-likeness (QED) is 0.874. The number of halogens is 4. The molecule has 2 rings (SSSR count). The summed E-state index contributed by atoms with van der Waals surface area (Å²) in [6, 6.07) is 4.53. The molecule has 1 aromatic carbocycles. The molecule has 1 aromatic rings. The fourth-order valence-corrected chi connectivity index (χ4v) is 2.57. The Bertz CT molecular complexity index is 529. The lowest BCUT2D eigenvalue weighted by atomic mass is 10.1. The number of rotatable bonds is 2. The largest absolute Gasteiger partial charge is 0.507 e. The van der Waals surface area contributed by atoms with E-state index in [4.69, 9.17) is 0 Å². The molecule has 8 heteroatoms. The Morgan fingerprint density at radius 2 is 1.86 bits per heavy atom. The monoisotopic (exact) mass is 366 g/mol. The summed E-state index contributed by atoms with van der Waals surface area (Å²) in [5.74, 6) is -0.515. The van der Waals surface area contributed by atoms with Crippen LogP contribution in [0.5, 0.6) is 5.75 Å². The number of carbonyl (C=O) groups is 1. The molecule has 0 aliphatic carbocycles. The first-order chi connectivity index (χ1) is 9.76. The third kappa shape index (κ3) is 4.34. The van der Waals surface area contributed by atoms with Gasteiger partial charge in [-0.2, -0.15) is 13.2 Å². The molecule has 1 fully saturated rings. The maximum absolute atomic E-state index is 12.3. The lowest BCUT2D eigenvalue weighted by Gasteiger charge is -2.35. The lowest BCUT2D eigenvalue weighted by molar-refractivity contribution is -0.148. The van der Waals surface area contributed by atoms with Crippen LogP contribution in [0, 0.1) is 0 Å². The van der Waals surface area contributed by atoms with Gasteiger partial charge in [-0.15, -0.1) is 0 Å². The summed E-state index contributed by atoms with van der Waals surface area (Å²) < 4.78 is 37.5. The van der Waals surface area contributed by atoms with Crippen molar-refractivity contribution in [2.75, 3.05) is 32.7 Å². The Balaban J connectivity index is 1.97. The summed E-state index contributed by atoms with van der Waals surface area (Å²) in [5, 5.41) is 9.76. The van der Waals surface area contributed by atoms with E-state index < -0.39 is 12.7 Å². The zero-order chi connectivity index (χ0) is 15.6. The molecule has 1 N–H and O–H groups in total. The SMILES string of the molecule is O=C(c1ccc(Br)cc1O)N1CCN(CC(F)(F)F)CC1. The second kappa shape index (κ2) is 6.23. The topological polar surface area (TPSA) is 43.8 Å². The highest BCUT2D eigenvalue weighted by atomic mass is 79.9. The molecule has 0 spiro atoms. The number of amides is 1. The van der Waals surface area contributed by atoms with Crippen LogP contribution >= 0.6 is 15.9 Å². The van der Waals surface area contributed by atoms with E-state index in [1.54, 1.807) is 6.07 Å². The maximum atomic E-state index is 12.3. The number of alkyl halides is 3. The van der Waals surface area contributed by atoms with Crippen molar-refractivity contribution in [1.82, 2.24) is 9.80 Å². The Kier molecular flexibility index (Phi) is 4.77. The van der Waals surface area contributed by atoms with Crippen LogP contribution in [0.3, 0.4) is 0 Å². The number of nitrogens with zero attached hydrogens (tertiary/aromatic N) is 2. The number of phenolic OH excluding ortho intramolecular Hbond substituents is 1. The molecule has 0 aromatic heterocycles. The van der Waals surface area contributed by atoms with E-state index in [9.17, 15) is 23.1 Å². The van der Waals surface area contributed by atoms with Gasteiger partial charge in [0.05, 0.1) is 12.1 Å². The molecule has 0 bridgehead atoms. The third-order valence-electron chi connectivity index (χ3n) is 3.25. The van der Waals surface area contributed by atoms with Gasteiger partial charge in [0, 0.05) is 30.7 Å². The van der Waals surface area contributed by atoms with Crippen molar-refractivity contribution in [1.29, 1.82) is 0 Å². The van der Waals surface area contributed by atoms with Crippen molar-refractivity contribution in [2.45, 2.75) is 6.18 Å². The number of hydrogen-bond donors (Lipinski definition) is 1. The average molecular weight is 367 g/mol. The number of piperazine rings is 1. The first-order valence-electron chi connectivity index (χ1n) is 6.33. The zero-order valence-corrected chi connectivity index (χ0v) is 12.6. The Hall–Kier alpha value is -1.28. The van der Waals surface area contributed by atoms with Gasteiger partial charge in [0.2, 0.25) is 0 Å². The third-order valence-corrected chi connectivity index (χ3v) is 3.75. The second-order valence-electron chi connectivity index (χ2n) is 4.84. The van der Waals surface area contributed by atoms with Crippen molar-refractivity contribution in [3.05, 3.63) is 28.2 Å². The van der Waals surface area contributed by atoms with Gasteiger partial charge in [-0.1, -0.05) is 15.9 Å². The van der Waals surface area contributed by atoms with Crippen molar-refractivity contribution in [3.8, 4) is 5.75 Å². The van der Waals surface area contributed by atoms with Gasteiger partial charge in [0.1, 0.15) is 5.75 Å². The normalized spacial score (nSPS) is 17.0. The Morgan fingerprint density at radius 1 is 1.24 bits per heavy atom. The molecule has 0 radical (unpaired) electrons. The molecule has 4 nitrogen and oxygen atoms in total. The second-order valence-corrected chi connectivity index (χ2v) is 5.76. The smallest absolute Gasteiger partial charge is 0.401 e. The van der Waals surface area contributed by atoms with Gasteiger partial charge in [-0.05, 0) is 18.2 Å². The molecular weight excluding hydrogens is 353 g/mol. The van der Waals surface area contributed by atoms with E-state index in [0.717, 1.165) is 0 Å². The minimum atomic E-state index is -4.23. The standard InChI is InChI=1S/C13H14BrF3N2O2/c14-9-1-2-10(11(20)7-9)12(21)19-5-3-18(4-6-19)8-13(15,16)17/h1-2,7,20H,3-6,8H2. The van der Waals surface area contributed by atoms with E-state index in [1.807, 2.05) is 0 Å². The molecule has 1 saturated heterocycles. The molecular formula is C13H14BrF3N2O2. The highest BCUT2D eigenvalue weighted by molar-refractivity contribution is 9.10. The molecule has 1 aliphatic heterocycles. The number of benzene rings is 1. The van der Waals surface area contributed by atoms with Gasteiger partial charge in [-0.3, -0.25) is 9.69 Å². The molecule has 0 unspecified atom stereocenters. The van der Waals surface area contributed by atoms with Crippen LogP contribution in [0.25, 0.3) is 0 Å². The van der Waals surface area contributed by atoms with E-state index >= 15 is 0 Å². The molecule has 0 saturated carbocycles. The molecule has 21 heavy (non-hydrogen) atoms. The summed E-state index contributed by atoms with van der Waals surface area (Å²) in [6.07, 6.45) is -4.23. The highest BCUT2D eigenvalue weighted by Crippen LogP contribution is 2.24. The molecule has 1 heterocycles. The van der Waals surface area contributed by atoms with Crippen LogP contribution in [-0.4, -0.2) is 59.7 Å². The van der Waals surface area contributed by atoms with E-state index in [2.05, 4.69) is 15.9 Å². The van der Waals surface area contributed by atoms with Crippen LogP contribution in [0.15, 0.2) is 22.7 Å². The van der Waals surface area contributed by atoms with Crippen LogP contribution in [0.2, 0.25) is 0 Å². The van der Waals surface area contributed by atoms with Crippen molar-refractivity contribution in [2.24, 2.45) is 0 Å². The molecule has 0 atom stereocenters. The molecule has 116 valence electrons. The Morgan fingerprint density at radius 3 is 2.38 bits per heavy atom. The van der Waals surface area contributed by atoms with Gasteiger partial charge in [0.15, 0.2) is 0 Å². The van der Waals surface area contributed by atoms with E-state index in [1.165, 1.54) is 21.9 Å². The van der Waals surface area contributed by atoms with E-state index in [-0.39, 0.29) is 43.4 Å². The highest BCUT2D eigenvalue weighted by Gasteiger charge is 2.33. The number of phenols is 1. The van der Waals surface area contributed by atoms with Crippen LogP contribution < -0.4 is 0 Å². The van der Waals surface area contributed by atoms with E-state index in [0.29, 0.717) is 4.47 Å².